The molecule has 0 fully saturated rings. The molecular weight excluding hydrogens is 294 g/mol. The third kappa shape index (κ3) is 2.68. The maximum absolute atomic E-state index is 5.71. The molecule has 23 heavy (non-hydrogen) atoms. The monoisotopic (exact) mass is 313 g/mol. The van der Waals surface area contributed by atoms with Gasteiger partial charge in [0.05, 0.1) is 13.7 Å². The Labute approximate surface area is 135 Å². The number of rotatable bonds is 4. The molecule has 2 aliphatic heterocycles. The lowest BCUT2D eigenvalue weighted by atomic mass is 10.0. The number of hydrogen-bond acceptors (Lipinski definition) is 5. The summed E-state index contributed by atoms with van der Waals surface area (Å²) < 4.78 is 22.0. The lowest BCUT2D eigenvalue weighted by Crippen LogP contribution is -2.26. The van der Waals surface area contributed by atoms with E-state index in [2.05, 4.69) is 11.4 Å². The molecule has 0 aromatic heterocycles. The van der Waals surface area contributed by atoms with Crippen LogP contribution in [0.25, 0.3) is 0 Å². The zero-order valence-electron chi connectivity index (χ0n) is 13.0. The fourth-order valence-corrected chi connectivity index (χ4v) is 3.08. The number of nitrogens with one attached hydrogen (secondary N) is 1. The Bertz CT molecular complexity index is 716. The smallest absolute Gasteiger partial charge is 0.231 e. The molecule has 2 aromatic rings. The highest BCUT2D eigenvalue weighted by atomic mass is 16.7. The van der Waals surface area contributed by atoms with Gasteiger partial charge in [0.2, 0.25) is 12.5 Å². The van der Waals surface area contributed by atoms with Crippen molar-refractivity contribution in [3.05, 3.63) is 47.5 Å². The fraction of sp³-hybridized carbons (Fsp3) is 0.333. The third-order valence-electron chi connectivity index (χ3n) is 4.23. The summed E-state index contributed by atoms with van der Waals surface area (Å²) in [6, 6.07) is 12.5. The van der Waals surface area contributed by atoms with E-state index in [9.17, 15) is 0 Å². The first-order valence-corrected chi connectivity index (χ1v) is 7.77. The highest BCUT2D eigenvalue weighted by molar-refractivity contribution is 5.55. The van der Waals surface area contributed by atoms with Gasteiger partial charge in [0.25, 0.3) is 0 Å². The van der Waals surface area contributed by atoms with Gasteiger partial charge in [-0.05, 0) is 23.8 Å². The van der Waals surface area contributed by atoms with Gasteiger partial charge in [-0.3, -0.25) is 0 Å². The first-order valence-electron chi connectivity index (χ1n) is 7.77. The van der Waals surface area contributed by atoms with Crippen LogP contribution in [-0.4, -0.2) is 20.5 Å². The van der Waals surface area contributed by atoms with E-state index in [1.54, 1.807) is 7.11 Å². The summed E-state index contributed by atoms with van der Waals surface area (Å²) in [6.07, 6.45) is 0.957. The van der Waals surface area contributed by atoms with Crippen LogP contribution in [-0.2, 0) is 6.54 Å². The third-order valence-corrected chi connectivity index (χ3v) is 4.23. The van der Waals surface area contributed by atoms with Gasteiger partial charge in [0.1, 0.15) is 5.75 Å². The first kappa shape index (κ1) is 14.2. The van der Waals surface area contributed by atoms with Crippen molar-refractivity contribution < 1.29 is 18.9 Å². The molecule has 1 N–H and O–H groups in total. The van der Waals surface area contributed by atoms with Crippen molar-refractivity contribution in [3.63, 3.8) is 0 Å². The zero-order valence-corrected chi connectivity index (χ0v) is 13.0. The molecule has 0 amide bonds. The Hall–Kier alpha value is -2.40. The van der Waals surface area contributed by atoms with Gasteiger partial charge in [-0.2, -0.15) is 0 Å². The van der Waals surface area contributed by atoms with Crippen molar-refractivity contribution in [2.45, 2.75) is 19.0 Å². The molecule has 2 heterocycles. The van der Waals surface area contributed by atoms with Crippen molar-refractivity contribution in [1.82, 2.24) is 5.32 Å². The molecule has 120 valence electrons. The van der Waals surface area contributed by atoms with Crippen LogP contribution < -0.4 is 24.3 Å². The second-order valence-electron chi connectivity index (χ2n) is 5.64. The molecule has 0 saturated heterocycles. The summed E-state index contributed by atoms with van der Waals surface area (Å²) in [5.41, 5.74) is 2.32. The van der Waals surface area contributed by atoms with Crippen molar-refractivity contribution in [2.75, 3.05) is 20.5 Å². The predicted molar refractivity (Wildman–Crippen MR) is 85.3 cm³/mol. The summed E-state index contributed by atoms with van der Waals surface area (Å²) in [7, 11) is 1.64. The highest BCUT2D eigenvalue weighted by Gasteiger charge is 2.22. The molecule has 1 atom stereocenters. The molecule has 0 saturated carbocycles. The fourth-order valence-electron chi connectivity index (χ4n) is 3.08. The second kappa shape index (κ2) is 6.01. The van der Waals surface area contributed by atoms with Gasteiger partial charge in [-0.25, -0.2) is 0 Å². The topological polar surface area (TPSA) is 49.0 Å². The molecular formula is C18H19NO4. The van der Waals surface area contributed by atoms with Crippen LogP contribution >= 0.6 is 0 Å². The van der Waals surface area contributed by atoms with Crippen LogP contribution in [0.4, 0.5) is 0 Å². The zero-order chi connectivity index (χ0) is 15.6. The van der Waals surface area contributed by atoms with E-state index in [1.165, 1.54) is 5.56 Å². The summed E-state index contributed by atoms with van der Waals surface area (Å²) in [5, 5.41) is 3.60. The maximum atomic E-state index is 5.71. The number of para-hydroxylation sites is 1. The van der Waals surface area contributed by atoms with Crippen molar-refractivity contribution in [3.8, 4) is 23.0 Å². The standard InChI is InChI=1S/C18H19NO4/c1-20-16-8-12(9-17-18(16)23-11-22-17)10-19-14-6-7-21-15-5-3-2-4-13(14)15/h2-5,8-9,14,19H,6-7,10-11H2,1H3/t14-/m0/s1. The van der Waals surface area contributed by atoms with Gasteiger partial charge in [-0.1, -0.05) is 18.2 Å². The molecule has 5 heteroatoms. The quantitative estimate of drug-likeness (QED) is 0.940. The molecule has 0 bridgehead atoms. The van der Waals surface area contributed by atoms with Crippen molar-refractivity contribution in [1.29, 1.82) is 0 Å². The minimum Gasteiger partial charge on any atom is -0.493 e. The van der Waals surface area contributed by atoms with Gasteiger partial charge >= 0.3 is 0 Å². The number of methoxy groups -OCH3 is 1. The van der Waals surface area contributed by atoms with E-state index < -0.39 is 0 Å². The normalized spacial score (nSPS) is 18.2. The Kier molecular flexibility index (Phi) is 3.71. The molecule has 0 radical (unpaired) electrons. The predicted octanol–water partition coefficient (Wildman–Crippen LogP) is 3.04. The van der Waals surface area contributed by atoms with E-state index in [0.717, 1.165) is 36.6 Å². The Morgan fingerprint density at radius 2 is 2.04 bits per heavy atom. The Morgan fingerprint density at radius 3 is 2.96 bits per heavy atom. The first-order chi connectivity index (χ1) is 11.3. The lowest BCUT2D eigenvalue weighted by molar-refractivity contribution is 0.171. The van der Waals surface area contributed by atoms with Gasteiger partial charge in [0.15, 0.2) is 11.5 Å². The average molecular weight is 313 g/mol. The number of fused-ring (bicyclic) bond motifs is 2. The molecule has 0 aliphatic carbocycles. The summed E-state index contributed by atoms with van der Waals surface area (Å²) >= 11 is 0. The number of hydrogen-bond donors (Lipinski definition) is 1. The highest BCUT2D eigenvalue weighted by Crippen LogP contribution is 2.42. The number of benzene rings is 2. The minimum absolute atomic E-state index is 0.246. The average Bonchev–Trinajstić information content (AvgIpc) is 3.07. The Morgan fingerprint density at radius 1 is 1.13 bits per heavy atom. The van der Waals surface area contributed by atoms with Crippen molar-refractivity contribution >= 4 is 0 Å². The largest absolute Gasteiger partial charge is 0.493 e. The second-order valence-corrected chi connectivity index (χ2v) is 5.64. The number of ether oxygens (including phenoxy) is 4. The van der Waals surface area contributed by atoms with Crippen LogP contribution in [0, 0.1) is 0 Å². The molecule has 0 unspecified atom stereocenters. The van der Waals surface area contributed by atoms with E-state index in [1.807, 2.05) is 30.3 Å². The Balaban J connectivity index is 1.52. The summed E-state index contributed by atoms with van der Waals surface area (Å²) in [6.45, 7) is 1.71. The molecule has 0 spiro atoms. The van der Waals surface area contributed by atoms with Gasteiger partial charge in [0, 0.05) is 24.6 Å². The molecule has 4 rings (SSSR count). The minimum atomic E-state index is 0.246. The molecule has 2 aliphatic rings. The van der Waals surface area contributed by atoms with Crippen LogP contribution in [0.5, 0.6) is 23.0 Å². The molecule has 5 nitrogen and oxygen atoms in total. The van der Waals surface area contributed by atoms with E-state index in [0.29, 0.717) is 11.5 Å². The van der Waals surface area contributed by atoms with Crippen LogP contribution in [0.15, 0.2) is 36.4 Å². The van der Waals surface area contributed by atoms with Crippen LogP contribution in [0.3, 0.4) is 0 Å². The van der Waals surface area contributed by atoms with Crippen LogP contribution in [0.1, 0.15) is 23.6 Å². The van der Waals surface area contributed by atoms with Crippen molar-refractivity contribution in [2.24, 2.45) is 0 Å². The lowest BCUT2D eigenvalue weighted by Gasteiger charge is -2.26. The maximum Gasteiger partial charge on any atom is 0.231 e. The van der Waals surface area contributed by atoms with Gasteiger partial charge < -0.3 is 24.3 Å². The van der Waals surface area contributed by atoms with E-state index in [4.69, 9.17) is 18.9 Å². The van der Waals surface area contributed by atoms with E-state index in [-0.39, 0.29) is 12.8 Å². The summed E-state index contributed by atoms with van der Waals surface area (Å²) in [5.74, 6) is 3.12. The SMILES string of the molecule is COc1cc(CN[C@H]2CCOc3ccccc32)cc2c1OCO2. The summed E-state index contributed by atoms with van der Waals surface area (Å²) in [4.78, 5) is 0. The van der Waals surface area contributed by atoms with Crippen LogP contribution in [0.2, 0.25) is 0 Å². The van der Waals surface area contributed by atoms with Gasteiger partial charge in [-0.15, -0.1) is 0 Å². The molecule has 2 aromatic carbocycles. The van der Waals surface area contributed by atoms with E-state index >= 15 is 0 Å².